The first-order chi connectivity index (χ1) is 10.7. The normalized spacial score (nSPS) is 10.4. The number of likely N-dealkylation sites (N-methyl/N-ethyl adjacent to an activating group) is 1. The summed E-state index contributed by atoms with van der Waals surface area (Å²) in [6.45, 7) is 5.31. The van der Waals surface area contributed by atoms with Gasteiger partial charge < -0.3 is 14.4 Å². The molecule has 5 nitrogen and oxygen atoms in total. The summed E-state index contributed by atoms with van der Waals surface area (Å²) in [4.78, 5) is 10.9. The molecule has 0 aliphatic carbocycles. The summed E-state index contributed by atoms with van der Waals surface area (Å²) in [6, 6.07) is 7.66. The van der Waals surface area contributed by atoms with Crippen LogP contribution in [0, 0.1) is 6.92 Å². The van der Waals surface area contributed by atoms with Crippen molar-refractivity contribution in [1.29, 1.82) is 0 Å². The smallest absolute Gasteiger partial charge is 0.161 e. The number of ether oxygens (including phenoxy) is 2. The molecule has 0 spiro atoms. The van der Waals surface area contributed by atoms with Crippen molar-refractivity contribution < 1.29 is 9.47 Å². The molecular formula is C17H23N3O2. The Morgan fingerprint density at radius 2 is 1.91 bits per heavy atom. The van der Waals surface area contributed by atoms with Gasteiger partial charge >= 0.3 is 0 Å². The van der Waals surface area contributed by atoms with Crippen molar-refractivity contribution in [2.45, 2.75) is 20.3 Å². The predicted molar refractivity (Wildman–Crippen MR) is 87.9 cm³/mol. The molecule has 0 saturated carbocycles. The van der Waals surface area contributed by atoms with E-state index in [9.17, 15) is 0 Å². The molecule has 0 unspecified atom stereocenters. The van der Waals surface area contributed by atoms with Crippen molar-refractivity contribution in [3.63, 3.8) is 0 Å². The van der Waals surface area contributed by atoms with Gasteiger partial charge in [0.25, 0.3) is 0 Å². The SMILES string of the molecule is CCc1cnc(C)nc1N(C)CCOc1ccccc1OC. The Morgan fingerprint density at radius 3 is 2.59 bits per heavy atom. The molecule has 5 heteroatoms. The number of nitrogens with zero attached hydrogens (tertiary/aromatic N) is 3. The van der Waals surface area contributed by atoms with Crippen LogP contribution >= 0.6 is 0 Å². The largest absolute Gasteiger partial charge is 0.493 e. The lowest BCUT2D eigenvalue weighted by Crippen LogP contribution is -2.26. The van der Waals surface area contributed by atoms with E-state index in [1.54, 1.807) is 7.11 Å². The summed E-state index contributed by atoms with van der Waals surface area (Å²) >= 11 is 0. The highest BCUT2D eigenvalue weighted by molar-refractivity contribution is 5.45. The van der Waals surface area contributed by atoms with E-state index >= 15 is 0 Å². The molecular weight excluding hydrogens is 278 g/mol. The highest BCUT2D eigenvalue weighted by atomic mass is 16.5. The second-order valence-electron chi connectivity index (χ2n) is 5.04. The van der Waals surface area contributed by atoms with E-state index < -0.39 is 0 Å². The van der Waals surface area contributed by atoms with Crippen LogP contribution in [0.25, 0.3) is 0 Å². The Morgan fingerprint density at radius 1 is 1.18 bits per heavy atom. The van der Waals surface area contributed by atoms with Gasteiger partial charge in [-0.05, 0) is 25.5 Å². The minimum absolute atomic E-state index is 0.559. The summed E-state index contributed by atoms with van der Waals surface area (Å²) in [7, 11) is 3.66. The van der Waals surface area contributed by atoms with E-state index in [0.29, 0.717) is 6.61 Å². The van der Waals surface area contributed by atoms with Crippen LogP contribution in [-0.4, -0.2) is 37.3 Å². The highest BCUT2D eigenvalue weighted by Gasteiger charge is 2.10. The molecule has 0 radical (unpaired) electrons. The van der Waals surface area contributed by atoms with Crippen molar-refractivity contribution >= 4 is 5.82 Å². The molecule has 0 atom stereocenters. The van der Waals surface area contributed by atoms with Crippen LogP contribution in [0.4, 0.5) is 5.82 Å². The van der Waals surface area contributed by atoms with Gasteiger partial charge in [-0.25, -0.2) is 9.97 Å². The molecule has 1 heterocycles. The fraction of sp³-hybridized carbons (Fsp3) is 0.412. The maximum Gasteiger partial charge on any atom is 0.161 e. The molecule has 1 aromatic carbocycles. The van der Waals surface area contributed by atoms with Crippen molar-refractivity contribution in [3.8, 4) is 11.5 Å². The average molecular weight is 301 g/mol. The van der Waals surface area contributed by atoms with Crippen LogP contribution in [0.3, 0.4) is 0 Å². The first-order valence-electron chi connectivity index (χ1n) is 7.45. The summed E-state index contributed by atoms with van der Waals surface area (Å²) in [5.74, 6) is 3.26. The molecule has 0 aliphatic heterocycles. The van der Waals surface area contributed by atoms with E-state index in [-0.39, 0.29) is 0 Å². The minimum atomic E-state index is 0.559. The molecule has 0 fully saturated rings. The lowest BCUT2D eigenvalue weighted by atomic mass is 10.2. The van der Waals surface area contributed by atoms with Gasteiger partial charge in [0.2, 0.25) is 0 Å². The van der Waals surface area contributed by atoms with Crippen LogP contribution in [0.5, 0.6) is 11.5 Å². The summed E-state index contributed by atoms with van der Waals surface area (Å²) < 4.78 is 11.1. The van der Waals surface area contributed by atoms with Crippen molar-refractivity contribution in [2.75, 3.05) is 32.2 Å². The first-order valence-corrected chi connectivity index (χ1v) is 7.45. The molecule has 1 aromatic heterocycles. The van der Waals surface area contributed by atoms with Crippen LogP contribution in [0.15, 0.2) is 30.5 Å². The van der Waals surface area contributed by atoms with Gasteiger partial charge in [-0.15, -0.1) is 0 Å². The van der Waals surface area contributed by atoms with Gasteiger partial charge in [-0.2, -0.15) is 0 Å². The molecule has 0 amide bonds. The van der Waals surface area contributed by atoms with Gasteiger partial charge in [-0.3, -0.25) is 0 Å². The zero-order chi connectivity index (χ0) is 15.9. The van der Waals surface area contributed by atoms with Crippen LogP contribution in [0.1, 0.15) is 18.3 Å². The number of methoxy groups -OCH3 is 1. The lowest BCUT2D eigenvalue weighted by molar-refractivity contribution is 0.300. The van der Waals surface area contributed by atoms with Crippen LogP contribution < -0.4 is 14.4 Å². The molecule has 0 N–H and O–H groups in total. The second-order valence-corrected chi connectivity index (χ2v) is 5.04. The van der Waals surface area contributed by atoms with E-state index in [1.165, 1.54) is 0 Å². The number of hydrogen-bond donors (Lipinski definition) is 0. The summed E-state index contributed by atoms with van der Waals surface area (Å²) in [5.41, 5.74) is 1.14. The topological polar surface area (TPSA) is 47.5 Å². The van der Waals surface area contributed by atoms with E-state index in [0.717, 1.165) is 41.7 Å². The third kappa shape index (κ3) is 3.87. The van der Waals surface area contributed by atoms with E-state index in [4.69, 9.17) is 9.47 Å². The molecule has 0 aliphatic rings. The zero-order valence-corrected chi connectivity index (χ0v) is 13.7. The minimum Gasteiger partial charge on any atom is -0.493 e. The maximum absolute atomic E-state index is 5.81. The van der Waals surface area contributed by atoms with E-state index in [1.807, 2.05) is 44.4 Å². The van der Waals surface area contributed by atoms with Crippen molar-refractivity contribution in [2.24, 2.45) is 0 Å². The number of aryl methyl sites for hydroxylation is 2. The molecule has 2 aromatic rings. The number of aromatic nitrogens is 2. The summed E-state index contributed by atoms with van der Waals surface area (Å²) in [5, 5.41) is 0. The molecule has 0 bridgehead atoms. The molecule has 2 rings (SSSR count). The number of rotatable bonds is 7. The number of benzene rings is 1. The highest BCUT2D eigenvalue weighted by Crippen LogP contribution is 2.25. The Kier molecular flexibility index (Phi) is 5.58. The predicted octanol–water partition coefficient (Wildman–Crippen LogP) is 2.87. The molecule has 22 heavy (non-hydrogen) atoms. The lowest BCUT2D eigenvalue weighted by Gasteiger charge is -2.21. The average Bonchev–Trinajstić information content (AvgIpc) is 2.55. The van der Waals surface area contributed by atoms with Crippen LogP contribution in [-0.2, 0) is 6.42 Å². The van der Waals surface area contributed by atoms with Gasteiger partial charge in [0, 0.05) is 18.8 Å². The fourth-order valence-corrected chi connectivity index (χ4v) is 2.20. The summed E-state index contributed by atoms with van der Waals surface area (Å²) in [6.07, 6.45) is 2.81. The standard InChI is InChI=1S/C17H23N3O2/c1-5-14-12-18-13(2)19-17(14)20(3)10-11-22-16-9-7-6-8-15(16)21-4/h6-9,12H,5,10-11H2,1-4H3. The Labute approximate surface area is 131 Å². The number of hydrogen-bond acceptors (Lipinski definition) is 5. The Hall–Kier alpha value is -2.30. The number of anilines is 1. The van der Waals surface area contributed by atoms with Crippen LogP contribution in [0.2, 0.25) is 0 Å². The van der Waals surface area contributed by atoms with Gasteiger partial charge in [0.1, 0.15) is 18.2 Å². The molecule has 118 valence electrons. The van der Waals surface area contributed by atoms with Crippen molar-refractivity contribution in [1.82, 2.24) is 9.97 Å². The number of para-hydroxylation sites is 2. The fourth-order valence-electron chi connectivity index (χ4n) is 2.20. The second kappa shape index (κ2) is 7.64. The van der Waals surface area contributed by atoms with Gasteiger partial charge in [0.05, 0.1) is 13.7 Å². The van der Waals surface area contributed by atoms with Crippen molar-refractivity contribution in [3.05, 3.63) is 41.9 Å². The third-order valence-electron chi connectivity index (χ3n) is 3.46. The van der Waals surface area contributed by atoms with E-state index in [2.05, 4.69) is 21.8 Å². The quantitative estimate of drug-likeness (QED) is 0.787. The Balaban J connectivity index is 1.98. The van der Waals surface area contributed by atoms with Gasteiger partial charge in [0.15, 0.2) is 11.5 Å². The zero-order valence-electron chi connectivity index (χ0n) is 13.7. The Bertz CT molecular complexity index is 617. The third-order valence-corrected chi connectivity index (χ3v) is 3.46. The maximum atomic E-state index is 5.81. The monoisotopic (exact) mass is 301 g/mol. The van der Waals surface area contributed by atoms with Gasteiger partial charge in [-0.1, -0.05) is 19.1 Å². The molecule has 0 saturated heterocycles. The first kappa shape index (κ1) is 16.1.